The summed E-state index contributed by atoms with van der Waals surface area (Å²) in [6, 6.07) is 0. The predicted molar refractivity (Wildman–Crippen MR) is 43.4 cm³/mol. The first-order valence-corrected chi connectivity index (χ1v) is 3.86. The second-order valence-corrected chi connectivity index (χ2v) is 2.86. The minimum absolute atomic E-state index is 0.481. The fraction of sp³-hybridized carbons (Fsp3) is 0.750. The maximum Gasteiger partial charge on any atom is 0.0953 e. The minimum Gasteiger partial charge on any atom is -0.368 e. The highest BCUT2D eigenvalue weighted by molar-refractivity contribution is 5.15. The zero-order chi connectivity index (χ0) is 7.72. The first-order chi connectivity index (χ1) is 4.66. The standard InChI is InChI=1S/C8H16N2/c1-5-8-6(2)9-7(3)10(8)4/h7,9H,5H2,1-4H3/t7-/m0/s1. The maximum atomic E-state index is 3.37. The van der Waals surface area contributed by atoms with Crippen LogP contribution in [-0.2, 0) is 0 Å². The first kappa shape index (κ1) is 7.45. The van der Waals surface area contributed by atoms with Gasteiger partial charge in [0.05, 0.1) is 6.17 Å². The third-order valence-electron chi connectivity index (χ3n) is 2.20. The topological polar surface area (TPSA) is 15.3 Å². The molecule has 2 nitrogen and oxygen atoms in total. The van der Waals surface area contributed by atoms with Crippen molar-refractivity contribution >= 4 is 0 Å². The summed E-state index contributed by atoms with van der Waals surface area (Å²) in [4.78, 5) is 2.29. The van der Waals surface area contributed by atoms with Crippen LogP contribution in [-0.4, -0.2) is 18.1 Å². The van der Waals surface area contributed by atoms with Crippen molar-refractivity contribution < 1.29 is 0 Å². The molecule has 1 rings (SSSR count). The van der Waals surface area contributed by atoms with Gasteiger partial charge in [-0.15, -0.1) is 0 Å². The van der Waals surface area contributed by atoms with E-state index in [9.17, 15) is 0 Å². The van der Waals surface area contributed by atoms with Crippen molar-refractivity contribution in [2.75, 3.05) is 7.05 Å². The zero-order valence-corrected chi connectivity index (χ0v) is 7.23. The molecule has 0 radical (unpaired) electrons. The van der Waals surface area contributed by atoms with Crippen LogP contribution in [0, 0.1) is 0 Å². The molecule has 1 aliphatic rings. The lowest BCUT2D eigenvalue weighted by atomic mass is 10.3. The van der Waals surface area contributed by atoms with Crippen molar-refractivity contribution in [3.8, 4) is 0 Å². The highest BCUT2D eigenvalue weighted by Gasteiger charge is 2.19. The molecule has 0 aromatic carbocycles. The smallest absolute Gasteiger partial charge is 0.0953 e. The Labute approximate surface area is 62.9 Å². The van der Waals surface area contributed by atoms with E-state index in [1.807, 2.05) is 0 Å². The van der Waals surface area contributed by atoms with Crippen LogP contribution in [0.1, 0.15) is 27.2 Å². The van der Waals surface area contributed by atoms with E-state index in [-0.39, 0.29) is 0 Å². The molecule has 1 atom stereocenters. The van der Waals surface area contributed by atoms with Gasteiger partial charge in [-0.3, -0.25) is 0 Å². The number of hydrogen-bond donors (Lipinski definition) is 1. The monoisotopic (exact) mass is 140 g/mol. The average Bonchev–Trinajstić information content (AvgIpc) is 2.09. The second kappa shape index (κ2) is 2.52. The van der Waals surface area contributed by atoms with E-state index in [4.69, 9.17) is 0 Å². The van der Waals surface area contributed by atoms with Crippen LogP contribution in [0.5, 0.6) is 0 Å². The van der Waals surface area contributed by atoms with Gasteiger partial charge in [-0.2, -0.15) is 0 Å². The third-order valence-corrected chi connectivity index (χ3v) is 2.20. The molecule has 2 heteroatoms. The molecular weight excluding hydrogens is 124 g/mol. The van der Waals surface area contributed by atoms with Crippen LogP contribution >= 0.6 is 0 Å². The van der Waals surface area contributed by atoms with E-state index in [0.29, 0.717) is 6.17 Å². The van der Waals surface area contributed by atoms with E-state index >= 15 is 0 Å². The first-order valence-electron chi connectivity index (χ1n) is 3.86. The van der Waals surface area contributed by atoms with Gasteiger partial charge in [0.1, 0.15) is 0 Å². The van der Waals surface area contributed by atoms with Gasteiger partial charge in [-0.05, 0) is 20.3 Å². The molecule has 0 unspecified atom stereocenters. The Balaban J connectivity index is 2.75. The van der Waals surface area contributed by atoms with Gasteiger partial charge in [0.2, 0.25) is 0 Å². The van der Waals surface area contributed by atoms with E-state index < -0.39 is 0 Å². The van der Waals surface area contributed by atoms with E-state index in [1.54, 1.807) is 0 Å². The number of hydrogen-bond acceptors (Lipinski definition) is 2. The Morgan fingerprint density at radius 3 is 2.40 bits per heavy atom. The molecule has 0 spiro atoms. The van der Waals surface area contributed by atoms with Crippen LogP contribution in [0.3, 0.4) is 0 Å². The molecule has 0 fully saturated rings. The van der Waals surface area contributed by atoms with Gasteiger partial charge in [-0.1, -0.05) is 6.92 Å². The van der Waals surface area contributed by atoms with Gasteiger partial charge < -0.3 is 10.2 Å². The maximum absolute atomic E-state index is 3.37. The summed E-state index contributed by atoms with van der Waals surface area (Å²) < 4.78 is 0. The quantitative estimate of drug-likeness (QED) is 0.594. The SMILES string of the molecule is CCC1=C(C)N[C@H](C)N1C. The van der Waals surface area contributed by atoms with Crippen molar-refractivity contribution in [2.24, 2.45) is 0 Å². The van der Waals surface area contributed by atoms with Crippen LogP contribution in [0.4, 0.5) is 0 Å². The average molecular weight is 140 g/mol. The van der Waals surface area contributed by atoms with Gasteiger partial charge in [0, 0.05) is 18.4 Å². The van der Waals surface area contributed by atoms with Crippen LogP contribution in [0.2, 0.25) is 0 Å². The molecule has 0 aliphatic carbocycles. The highest BCUT2D eigenvalue weighted by Crippen LogP contribution is 2.19. The summed E-state index contributed by atoms with van der Waals surface area (Å²) in [5, 5.41) is 3.37. The molecule has 0 saturated carbocycles. The summed E-state index contributed by atoms with van der Waals surface area (Å²) >= 11 is 0. The molecule has 0 aromatic heterocycles. The molecule has 1 heterocycles. The van der Waals surface area contributed by atoms with Gasteiger partial charge >= 0.3 is 0 Å². The Bertz CT molecular complexity index is 161. The van der Waals surface area contributed by atoms with Crippen molar-refractivity contribution in [1.82, 2.24) is 10.2 Å². The molecule has 0 bridgehead atoms. The van der Waals surface area contributed by atoms with Gasteiger partial charge in [-0.25, -0.2) is 0 Å². The molecule has 1 aliphatic heterocycles. The van der Waals surface area contributed by atoms with E-state index in [1.165, 1.54) is 11.4 Å². The number of nitrogens with one attached hydrogen (secondary N) is 1. The van der Waals surface area contributed by atoms with Gasteiger partial charge in [0.25, 0.3) is 0 Å². The molecule has 0 saturated heterocycles. The largest absolute Gasteiger partial charge is 0.368 e. The number of allylic oxidation sites excluding steroid dienone is 2. The summed E-state index contributed by atoms with van der Waals surface area (Å²) in [5.41, 5.74) is 2.77. The molecule has 58 valence electrons. The molecule has 0 amide bonds. The summed E-state index contributed by atoms with van der Waals surface area (Å²) in [7, 11) is 2.13. The molecule has 1 N–H and O–H groups in total. The normalized spacial score (nSPS) is 25.6. The van der Waals surface area contributed by atoms with Crippen molar-refractivity contribution in [3.05, 3.63) is 11.4 Å². The molecule has 0 aromatic rings. The number of nitrogens with zero attached hydrogens (tertiary/aromatic N) is 1. The Kier molecular flexibility index (Phi) is 1.88. The highest BCUT2D eigenvalue weighted by atomic mass is 15.3. The lowest BCUT2D eigenvalue weighted by Gasteiger charge is -2.20. The summed E-state index contributed by atoms with van der Waals surface area (Å²) in [5.74, 6) is 0. The van der Waals surface area contributed by atoms with Crippen molar-refractivity contribution in [2.45, 2.75) is 33.4 Å². The predicted octanol–water partition coefficient (Wildman–Crippen LogP) is 1.51. The van der Waals surface area contributed by atoms with Crippen LogP contribution in [0.25, 0.3) is 0 Å². The van der Waals surface area contributed by atoms with Crippen LogP contribution in [0.15, 0.2) is 11.4 Å². The lowest BCUT2D eigenvalue weighted by molar-refractivity contribution is 0.326. The Hall–Kier alpha value is -0.660. The van der Waals surface area contributed by atoms with Crippen LogP contribution < -0.4 is 5.32 Å². The fourth-order valence-corrected chi connectivity index (χ4v) is 1.51. The Morgan fingerprint density at radius 1 is 1.60 bits per heavy atom. The van der Waals surface area contributed by atoms with Crippen molar-refractivity contribution in [1.29, 1.82) is 0 Å². The number of rotatable bonds is 1. The minimum atomic E-state index is 0.481. The lowest BCUT2D eigenvalue weighted by Crippen LogP contribution is -2.30. The van der Waals surface area contributed by atoms with Gasteiger partial charge in [0.15, 0.2) is 0 Å². The van der Waals surface area contributed by atoms with E-state index in [2.05, 4.69) is 38.0 Å². The molecular formula is C8H16N2. The fourth-order valence-electron chi connectivity index (χ4n) is 1.51. The zero-order valence-electron chi connectivity index (χ0n) is 7.23. The Morgan fingerprint density at radius 2 is 2.20 bits per heavy atom. The van der Waals surface area contributed by atoms with E-state index in [0.717, 1.165) is 6.42 Å². The van der Waals surface area contributed by atoms with Crippen molar-refractivity contribution in [3.63, 3.8) is 0 Å². The second-order valence-electron chi connectivity index (χ2n) is 2.86. The molecule has 10 heavy (non-hydrogen) atoms. The summed E-state index contributed by atoms with van der Waals surface area (Å²) in [6.07, 6.45) is 1.61. The third kappa shape index (κ3) is 0.981. The summed E-state index contributed by atoms with van der Waals surface area (Å²) in [6.45, 7) is 6.50.